The topological polar surface area (TPSA) is 29.3 Å². The van der Waals surface area contributed by atoms with Crippen molar-refractivity contribution in [3.05, 3.63) is 0 Å². The largest absolute Gasteiger partial charge is 0.330 e. The van der Waals surface area contributed by atoms with E-state index in [0.717, 1.165) is 19.3 Å². The van der Waals surface area contributed by atoms with Crippen LogP contribution in [0.3, 0.4) is 0 Å². The molecule has 4 heteroatoms. The summed E-state index contributed by atoms with van der Waals surface area (Å²) in [5.41, 5.74) is 5.47. The first-order valence-electron chi connectivity index (χ1n) is 5.91. The van der Waals surface area contributed by atoms with Crippen molar-refractivity contribution in [1.82, 2.24) is 4.90 Å². The maximum absolute atomic E-state index is 13.0. The zero-order chi connectivity index (χ0) is 11.3. The van der Waals surface area contributed by atoms with E-state index in [2.05, 4.69) is 11.8 Å². The Morgan fingerprint density at radius 1 is 1.33 bits per heavy atom. The molecule has 1 heterocycles. The third kappa shape index (κ3) is 4.03. The van der Waals surface area contributed by atoms with Gasteiger partial charge in [0.15, 0.2) is 0 Å². The van der Waals surface area contributed by atoms with Crippen LogP contribution in [0.25, 0.3) is 0 Å². The highest BCUT2D eigenvalue weighted by molar-refractivity contribution is 4.81. The third-order valence-electron chi connectivity index (χ3n) is 3.26. The second-order valence-electron chi connectivity index (χ2n) is 4.38. The lowest BCUT2D eigenvalue weighted by Gasteiger charge is -2.37. The van der Waals surface area contributed by atoms with Gasteiger partial charge in [0.25, 0.3) is 5.92 Å². The molecule has 0 bridgehead atoms. The molecule has 0 amide bonds. The van der Waals surface area contributed by atoms with Gasteiger partial charge in [-0.3, -0.25) is 4.90 Å². The Bertz CT molecular complexity index is 175. The molecule has 0 aliphatic carbocycles. The first-order valence-corrected chi connectivity index (χ1v) is 5.91. The first kappa shape index (κ1) is 12.8. The molecule has 1 aliphatic heterocycles. The highest BCUT2D eigenvalue weighted by Gasteiger charge is 2.35. The Hall–Kier alpha value is -0.220. The quantitative estimate of drug-likeness (QED) is 0.770. The summed E-state index contributed by atoms with van der Waals surface area (Å²) in [5.74, 6) is -2.43. The van der Waals surface area contributed by atoms with E-state index in [0.29, 0.717) is 25.7 Å². The normalized spacial score (nSPS) is 24.0. The molecule has 2 nitrogen and oxygen atoms in total. The Labute approximate surface area is 90.8 Å². The summed E-state index contributed by atoms with van der Waals surface area (Å²) in [5, 5.41) is 0. The van der Waals surface area contributed by atoms with E-state index < -0.39 is 5.92 Å². The zero-order valence-corrected chi connectivity index (χ0v) is 9.51. The summed E-state index contributed by atoms with van der Waals surface area (Å²) >= 11 is 0. The number of halogens is 2. The van der Waals surface area contributed by atoms with Gasteiger partial charge < -0.3 is 5.73 Å². The van der Waals surface area contributed by atoms with Gasteiger partial charge in [-0.2, -0.15) is 0 Å². The fourth-order valence-corrected chi connectivity index (χ4v) is 2.21. The molecule has 1 aliphatic rings. The van der Waals surface area contributed by atoms with Crippen molar-refractivity contribution in [1.29, 1.82) is 0 Å². The molecule has 1 fully saturated rings. The summed E-state index contributed by atoms with van der Waals surface area (Å²) in [6.07, 6.45) is 3.10. The molecule has 0 saturated carbocycles. The highest BCUT2D eigenvalue weighted by atomic mass is 19.3. The van der Waals surface area contributed by atoms with Crippen LogP contribution in [0.5, 0.6) is 0 Å². The summed E-state index contributed by atoms with van der Waals surface area (Å²) in [6, 6.07) is 0.449. The van der Waals surface area contributed by atoms with E-state index in [1.807, 2.05) is 0 Å². The smallest absolute Gasteiger partial charge is 0.250 e. The number of alkyl halides is 2. The number of piperidine rings is 1. The third-order valence-corrected chi connectivity index (χ3v) is 3.26. The molecule has 0 aromatic rings. The highest BCUT2D eigenvalue weighted by Crippen LogP contribution is 2.29. The molecule has 1 unspecified atom stereocenters. The van der Waals surface area contributed by atoms with Crippen LogP contribution >= 0.6 is 0 Å². The van der Waals surface area contributed by atoms with E-state index in [1.165, 1.54) is 0 Å². The number of hydrogen-bond acceptors (Lipinski definition) is 2. The second-order valence-corrected chi connectivity index (χ2v) is 4.38. The van der Waals surface area contributed by atoms with Gasteiger partial charge in [0.2, 0.25) is 0 Å². The Kier molecular flexibility index (Phi) is 4.93. The molecule has 0 spiro atoms. The van der Waals surface area contributed by atoms with Gasteiger partial charge in [-0.05, 0) is 25.8 Å². The molecule has 1 saturated heterocycles. The van der Waals surface area contributed by atoms with Crippen LogP contribution in [-0.4, -0.2) is 36.5 Å². The van der Waals surface area contributed by atoms with Crippen LogP contribution in [-0.2, 0) is 0 Å². The van der Waals surface area contributed by atoms with Gasteiger partial charge in [0.05, 0.1) is 0 Å². The lowest BCUT2D eigenvalue weighted by Crippen LogP contribution is -2.44. The molecule has 15 heavy (non-hydrogen) atoms. The van der Waals surface area contributed by atoms with E-state index in [1.54, 1.807) is 0 Å². The maximum Gasteiger partial charge on any atom is 0.250 e. The summed E-state index contributed by atoms with van der Waals surface area (Å²) in [6.45, 7) is 3.89. The predicted octanol–water partition coefficient (Wildman–Crippen LogP) is 2.24. The van der Waals surface area contributed by atoms with Crippen molar-refractivity contribution in [3.8, 4) is 0 Å². The van der Waals surface area contributed by atoms with Crippen molar-refractivity contribution < 1.29 is 8.78 Å². The van der Waals surface area contributed by atoms with Crippen LogP contribution in [0, 0.1) is 0 Å². The standard InChI is InChI=1S/C11H22F2N2/c1-2-10(4-3-7-14)15-8-5-11(12,13)6-9-15/h10H,2-9,14H2,1H3. The SMILES string of the molecule is CCC(CCCN)N1CCC(F)(F)CC1. The zero-order valence-electron chi connectivity index (χ0n) is 9.51. The average molecular weight is 220 g/mol. The van der Waals surface area contributed by atoms with Crippen molar-refractivity contribution in [2.45, 2.75) is 51.0 Å². The molecule has 0 radical (unpaired) electrons. The van der Waals surface area contributed by atoms with Gasteiger partial charge >= 0.3 is 0 Å². The van der Waals surface area contributed by atoms with Gasteiger partial charge in [0.1, 0.15) is 0 Å². The first-order chi connectivity index (χ1) is 7.09. The number of rotatable bonds is 5. The molecule has 1 rings (SSSR count). The van der Waals surface area contributed by atoms with Crippen molar-refractivity contribution in [2.24, 2.45) is 5.73 Å². The minimum absolute atomic E-state index is 0.0200. The van der Waals surface area contributed by atoms with Crippen molar-refractivity contribution >= 4 is 0 Å². The van der Waals surface area contributed by atoms with E-state index in [-0.39, 0.29) is 12.8 Å². The molecular formula is C11H22F2N2. The average Bonchev–Trinajstić information content (AvgIpc) is 2.21. The lowest BCUT2D eigenvalue weighted by atomic mass is 10.0. The van der Waals surface area contributed by atoms with E-state index in [9.17, 15) is 8.78 Å². The Morgan fingerprint density at radius 3 is 2.40 bits per heavy atom. The molecule has 1 atom stereocenters. The van der Waals surface area contributed by atoms with Gasteiger partial charge in [-0.15, -0.1) is 0 Å². The van der Waals surface area contributed by atoms with Gasteiger partial charge in [-0.25, -0.2) is 8.78 Å². The maximum atomic E-state index is 13.0. The Morgan fingerprint density at radius 2 is 1.93 bits per heavy atom. The molecule has 0 aromatic heterocycles. The van der Waals surface area contributed by atoms with Crippen LogP contribution < -0.4 is 5.73 Å². The monoisotopic (exact) mass is 220 g/mol. The molecule has 90 valence electrons. The summed E-state index contributed by atoms with van der Waals surface area (Å²) < 4.78 is 25.9. The Balaban J connectivity index is 2.35. The van der Waals surface area contributed by atoms with Crippen LogP contribution in [0.4, 0.5) is 8.78 Å². The molecular weight excluding hydrogens is 198 g/mol. The molecule has 0 aromatic carbocycles. The van der Waals surface area contributed by atoms with E-state index in [4.69, 9.17) is 5.73 Å². The van der Waals surface area contributed by atoms with Crippen LogP contribution in [0.15, 0.2) is 0 Å². The number of nitrogens with two attached hydrogens (primary N) is 1. The number of hydrogen-bond donors (Lipinski definition) is 1. The minimum Gasteiger partial charge on any atom is -0.330 e. The summed E-state index contributed by atoms with van der Waals surface area (Å²) in [4.78, 5) is 2.20. The number of nitrogens with zero attached hydrogens (tertiary/aromatic N) is 1. The summed E-state index contributed by atoms with van der Waals surface area (Å²) in [7, 11) is 0. The van der Waals surface area contributed by atoms with Gasteiger partial charge in [-0.1, -0.05) is 6.92 Å². The number of likely N-dealkylation sites (tertiary alicyclic amines) is 1. The fourth-order valence-electron chi connectivity index (χ4n) is 2.21. The molecule has 2 N–H and O–H groups in total. The van der Waals surface area contributed by atoms with Crippen molar-refractivity contribution in [3.63, 3.8) is 0 Å². The lowest BCUT2D eigenvalue weighted by molar-refractivity contribution is -0.0639. The second kappa shape index (κ2) is 5.75. The van der Waals surface area contributed by atoms with Crippen molar-refractivity contribution in [2.75, 3.05) is 19.6 Å². The van der Waals surface area contributed by atoms with Gasteiger partial charge in [0, 0.05) is 32.0 Å². The predicted molar refractivity (Wildman–Crippen MR) is 58.1 cm³/mol. The van der Waals surface area contributed by atoms with Crippen LogP contribution in [0.1, 0.15) is 39.0 Å². The van der Waals surface area contributed by atoms with E-state index >= 15 is 0 Å². The minimum atomic E-state index is -2.43. The fraction of sp³-hybridized carbons (Fsp3) is 1.00. The van der Waals surface area contributed by atoms with Crippen LogP contribution in [0.2, 0.25) is 0 Å².